The van der Waals surface area contributed by atoms with E-state index in [4.69, 9.17) is 21.3 Å². The van der Waals surface area contributed by atoms with E-state index in [2.05, 4.69) is 32.0 Å². The van der Waals surface area contributed by atoms with Crippen LogP contribution in [0.5, 0.6) is 11.5 Å². The fourth-order valence-electron chi connectivity index (χ4n) is 4.86. The molecule has 9 heteroatoms. The molecule has 1 aliphatic rings. The van der Waals surface area contributed by atoms with Gasteiger partial charge in [-0.05, 0) is 76.5 Å². The minimum absolute atomic E-state index is 0.370. The van der Waals surface area contributed by atoms with Crippen molar-refractivity contribution in [3.05, 3.63) is 59.3 Å². The van der Waals surface area contributed by atoms with Crippen molar-refractivity contribution in [3.63, 3.8) is 0 Å². The molecule has 6 rings (SSSR count). The van der Waals surface area contributed by atoms with E-state index in [1.807, 2.05) is 61.3 Å². The number of H-pyrrole nitrogens is 1. The Bertz CT molecular complexity index is 1570. The number of aryl methyl sites for hydroxylation is 2. The van der Waals surface area contributed by atoms with Crippen molar-refractivity contribution >= 4 is 33.7 Å². The van der Waals surface area contributed by atoms with Crippen molar-refractivity contribution in [2.24, 2.45) is 5.92 Å². The Hall–Kier alpha value is -3.49. The molecule has 2 aromatic carbocycles. The normalized spacial score (nSPS) is 15.2. The maximum absolute atomic E-state index is 6.58. The van der Waals surface area contributed by atoms with Crippen LogP contribution in [0.3, 0.4) is 0 Å². The SMILES string of the molecule is Cc1nc2ccc(Oc3cc4nc(-c5cnn(CC6CCN(C)CC6)c5)c(Cl)nc4cc3C)cc2[nH]1. The second kappa shape index (κ2) is 9.19. The van der Waals surface area contributed by atoms with Gasteiger partial charge < -0.3 is 14.6 Å². The van der Waals surface area contributed by atoms with E-state index in [0.29, 0.717) is 16.8 Å². The molecule has 0 bridgehead atoms. The Morgan fingerprint density at radius 1 is 1.03 bits per heavy atom. The first-order valence-electron chi connectivity index (χ1n) is 12.2. The highest BCUT2D eigenvalue weighted by Gasteiger charge is 2.19. The lowest BCUT2D eigenvalue weighted by Crippen LogP contribution is -2.31. The number of aromatic nitrogens is 6. The first-order chi connectivity index (χ1) is 17.4. The van der Waals surface area contributed by atoms with Gasteiger partial charge in [0.05, 0.1) is 28.3 Å². The number of nitrogens with one attached hydrogen (secondary N) is 1. The molecule has 4 heterocycles. The highest BCUT2D eigenvalue weighted by Crippen LogP contribution is 2.33. The third-order valence-electron chi connectivity index (χ3n) is 6.91. The maximum atomic E-state index is 6.58. The topological polar surface area (TPSA) is 84.8 Å². The second-order valence-corrected chi connectivity index (χ2v) is 10.1. The van der Waals surface area contributed by atoms with Crippen LogP contribution in [0.2, 0.25) is 5.15 Å². The number of aromatic amines is 1. The van der Waals surface area contributed by atoms with Gasteiger partial charge in [0.2, 0.25) is 0 Å². The summed E-state index contributed by atoms with van der Waals surface area (Å²) in [6.07, 6.45) is 6.23. The molecule has 0 saturated carbocycles. The zero-order valence-corrected chi connectivity index (χ0v) is 21.4. The molecule has 3 aromatic heterocycles. The average Bonchev–Trinajstić information content (AvgIpc) is 3.46. The molecule has 1 saturated heterocycles. The molecular weight excluding hydrogens is 474 g/mol. The number of hydrogen-bond acceptors (Lipinski definition) is 6. The predicted octanol–water partition coefficient (Wildman–Crippen LogP) is 5.77. The highest BCUT2D eigenvalue weighted by atomic mass is 35.5. The van der Waals surface area contributed by atoms with Crippen molar-refractivity contribution < 1.29 is 4.74 Å². The summed E-state index contributed by atoms with van der Waals surface area (Å²) in [5.74, 6) is 2.96. The van der Waals surface area contributed by atoms with E-state index in [9.17, 15) is 0 Å². The number of nitrogens with zero attached hydrogens (tertiary/aromatic N) is 6. The Balaban J connectivity index is 1.28. The van der Waals surface area contributed by atoms with E-state index in [0.717, 1.165) is 70.2 Å². The lowest BCUT2D eigenvalue weighted by molar-refractivity contribution is 0.201. The monoisotopic (exact) mass is 501 g/mol. The second-order valence-electron chi connectivity index (χ2n) is 9.77. The van der Waals surface area contributed by atoms with Gasteiger partial charge >= 0.3 is 0 Å². The zero-order valence-electron chi connectivity index (χ0n) is 20.6. The average molecular weight is 502 g/mol. The van der Waals surface area contributed by atoms with Crippen molar-refractivity contribution in [3.8, 4) is 22.8 Å². The molecule has 1 N–H and O–H groups in total. The van der Waals surface area contributed by atoms with Crippen molar-refractivity contribution in [1.82, 2.24) is 34.6 Å². The van der Waals surface area contributed by atoms with Gasteiger partial charge in [-0.25, -0.2) is 15.0 Å². The summed E-state index contributed by atoms with van der Waals surface area (Å²) in [4.78, 5) is 19.6. The summed E-state index contributed by atoms with van der Waals surface area (Å²) < 4.78 is 8.24. The summed E-state index contributed by atoms with van der Waals surface area (Å²) in [6, 6.07) is 9.70. The lowest BCUT2D eigenvalue weighted by atomic mass is 9.97. The Morgan fingerprint density at radius 2 is 1.83 bits per heavy atom. The number of ether oxygens (including phenoxy) is 1. The molecule has 0 aliphatic carbocycles. The van der Waals surface area contributed by atoms with Crippen LogP contribution in [-0.4, -0.2) is 54.8 Å². The number of halogens is 1. The summed E-state index contributed by atoms with van der Waals surface area (Å²) in [7, 11) is 2.18. The van der Waals surface area contributed by atoms with Gasteiger partial charge in [0.1, 0.15) is 23.0 Å². The van der Waals surface area contributed by atoms with Gasteiger partial charge in [-0.2, -0.15) is 5.10 Å². The number of imidazole rings is 1. The van der Waals surface area contributed by atoms with E-state index in [1.54, 1.807) is 0 Å². The third-order valence-corrected chi connectivity index (χ3v) is 7.17. The number of fused-ring (bicyclic) bond motifs is 2. The Morgan fingerprint density at radius 3 is 2.67 bits per heavy atom. The number of benzene rings is 2. The van der Waals surface area contributed by atoms with Gasteiger partial charge in [0, 0.05) is 30.4 Å². The number of piperidine rings is 1. The molecule has 5 aromatic rings. The molecule has 0 amide bonds. The van der Waals surface area contributed by atoms with Crippen LogP contribution in [0.25, 0.3) is 33.3 Å². The van der Waals surface area contributed by atoms with Crippen molar-refractivity contribution in [2.45, 2.75) is 33.2 Å². The molecule has 8 nitrogen and oxygen atoms in total. The zero-order chi connectivity index (χ0) is 24.8. The van der Waals surface area contributed by atoms with Crippen LogP contribution in [0.4, 0.5) is 0 Å². The van der Waals surface area contributed by atoms with E-state index >= 15 is 0 Å². The first-order valence-corrected chi connectivity index (χ1v) is 12.6. The number of likely N-dealkylation sites (tertiary alicyclic amines) is 1. The fourth-order valence-corrected chi connectivity index (χ4v) is 5.10. The molecule has 0 radical (unpaired) electrons. The third kappa shape index (κ3) is 4.54. The summed E-state index contributed by atoms with van der Waals surface area (Å²) in [5.41, 5.74) is 5.75. The fraction of sp³-hybridized carbons (Fsp3) is 0.333. The quantitative estimate of drug-likeness (QED) is 0.329. The Kier molecular flexibility index (Phi) is 5.85. The van der Waals surface area contributed by atoms with Gasteiger partial charge in [-0.15, -0.1) is 0 Å². The molecular formula is C27H28ClN7O. The summed E-state index contributed by atoms with van der Waals surface area (Å²) in [6.45, 7) is 7.11. The first kappa shape index (κ1) is 22.9. The summed E-state index contributed by atoms with van der Waals surface area (Å²) in [5, 5.41) is 4.95. The van der Waals surface area contributed by atoms with Crippen LogP contribution in [0, 0.1) is 19.8 Å². The molecule has 1 aliphatic heterocycles. The van der Waals surface area contributed by atoms with Gasteiger partial charge in [0.15, 0.2) is 5.15 Å². The molecule has 1 fully saturated rings. The molecule has 0 spiro atoms. The predicted molar refractivity (Wildman–Crippen MR) is 142 cm³/mol. The maximum Gasteiger partial charge on any atom is 0.156 e. The largest absolute Gasteiger partial charge is 0.457 e. The van der Waals surface area contributed by atoms with Crippen LogP contribution in [-0.2, 0) is 6.54 Å². The molecule has 0 atom stereocenters. The molecule has 184 valence electrons. The van der Waals surface area contributed by atoms with Crippen LogP contribution in [0.1, 0.15) is 24.2 Å². The minimum Gasteiger partial charge on any atom is -0.457 e. The van der Waals surface area contributed by atoms with Crippen LogP contribution >= 0.6 is 11.6 Å². The molecule has 36 heavy (non-hydrogen) atoms. The van der Waals surface area contributed by atoms with E-state index < -0.39 is 0 Å². The minimum atomic E-state index is 0.370. The highest BCUT2D eigenvalue weighted by molar-refractivity contribution is 6.32. The van der Waals surface area contributed by atoms with Crippen LogP contribution in [0.15, 0.2) is 42.7 Å². The van der Waals surface area contributed by atoms with E-state index in [1.165, 1.54) is 12.8 Å². The van der Waals surface area contributed by atoms with Gasteiger partial charge in [-0.1, -0.05) is 11.6 Å². The standard InChI is InChI=1S/C27H28ClN7O/c1-16-10-22-24(12-25(16)36-20-4-5-21-23(11-20)31-17(2)30-21)32-26(27(28)33-22)19-13-29-35(15-19)14-18-6-8-34(3)9-7-18/h4-5,10-13,15,18H,6-9,14H2,1-3H3,(H,30,31). The molecule has 0 unspecified atom stereocenters. The Labute approximate surface area is 214 Å². The van der Waals surface area contributed by atoms with E-state index in [-0.39, 0.29) is 0 Å². The van der Waals surface area contributed by atoms with Gasteiger partial charge in [-0.3, -0.25) is 4.68 Å². The number of rotatable bonds is 5. The van der Waals surface area contributed by atoms with Crippen molar-refractivity contribution in [2.75, 3.05) is 20.1 Å². The summed E-state index contributed by atoms with van der Waals surface area (Å²) >= 11 is 6.58. The van der Waals surface area contributed by atoms with Crippen molar-refractivity contribution in [1.29, 1.82) is 0 Å². The number of hydrogen-bond donors (Lipinski definition) is 1. The smallest absolute Gasteiger partial charge is 0.156 e. The van der Waals surface area contributed by atoms with Crippen LogP contribution < -0.4 is 4.74 Å². The lowest BCUT2D eigenvalue weighted by Gasteiger charge is -2.28. The van der Waals surface area contributed by atoms with Gasteiger partial charge in [0.25, 0.3) is 0 Å².